The van der Waals surface area contributed by atoms with E-state index in [0.717, 1.165) is 13.0 Å². The molecule has 0 unspecified atom stereocenters. The third-order valence-corrected chi connectivity index (χ3v) is 2.39. The second kappa shape index (κ2) is 5.32. The highest BCUT2D eigenvalue weighted by molar-refractivity contribution is 6.31. The molecule has 0 aromatic carbocycles. The molecule has 1 aromatic heterocycles. The summed E-state index contributed by atoms with van der Waals surface area (Å²) in [6.07, 6.45) is 2.62. The van der Waals surface area contributed by atoms with E-state index in [9.17, 15) is 0 Å². The van der Waals surface area contributed by atoms with Crippen molar-refractivity contribution < 1.29 is 9.47 Å². The van der Waals surface area contributed by atoms with E-state index in [0.29, 0.717) is 30.1 Å². The van der Waals surface area contributed by atoms with Crippen molar-refractivity contribution >= 4 is 17.5 Å². The number of hydrogen-bond donors (Lipinski definition) is 1. The second-order valence-corrected chi connectivity index (χ2v) is 3.96. The first-order chi connectivity index (χ1) is 7.79. The fourth-order valence-corrected chi connectivity index (χ4v) is 1.33. The van der Waals surface area contributed by atoms with E-state index in [4.69, 9.17) is 21.1 Å². The van der Waals surface area contributed by atoms with Crippen LogP contribution in [0.3, 0.4) is 0 Å². The first-order valence-corrected chi connectivity index (χ1v) is 5.68. The molecular weight excluding hydrogens is 230 g/mol. The lowest BCUT2D eigenvalue weighted by molar-refractivity contribution is -0.0812. The maximum Gasteiger partial charge on any atom is 0.237 e. The molecule has 1 aromatic rings. The van der Waals surface area contributed by atoms with Gasteiger partial charge in [0.2, 0.25) is 11.8 Å². The van der Waals surface area contributed by atoms with E-state index in [1.807, 2.05) is 0 Å². The summed E-state index contributed by atoms with van der Waals surface area (Å²) in [6, 6.07) is 0. The minimum Gasteiger partial charge on any atom is -0.468 e. The van der Waals surface area contributed by atoms with Crippen LogP contribution in [0, 0.1) is 0 Å². The first-order valence-electron chi connectivity index (χ1n) is 5.30. The molecule has 1 aliphatic heterocycles. The molecule has 16 heavy (non-hydrogen) atoms. The van der Waals surface area contributed by atoms with Crippen LogP contribution in [0.5, 0.6) is 5.88 Å². The number of anilines is 1. The van der Waals surface area contributed by atoms with Gasteiger partial charge in [-0.05, 0) is 6.42 Å². The number of rotatable bonds is 5. The van der Waals surface area contributed by atoms with Crippen molar-refractivity contribution in [2.75, 3.05) is 25.1 Å². The van der Waals surface area contributed by atoms with Crippen LogP contribution < -0.4 is 10.1 Å². The Morgan fingerprint density at radius 2 is 2.44 bits per heavy atom. The maximum atomic E-state index is 5.94. The van der Waals surface area contributed by atoms with Crippen molar-refractivity contribution in [3.05, 3.63) is 11.2 Å². The van der Waals surface area contributed by atoms with E-state index in [2.05, 4.69) is 22.2 Å². The third kappa shape index (κ3) is 2.74. The lowest BCUT2D eigenvalue weighted by Crippen LogP contribution is -2.38. The summed E-state index contributed by atoms with van der Waals surface area (Å²) in [6.45, 7) is 4.09. The van der Waals surface area contributed by atoms with Crippen LogP contribution in [-0.4, -0.2) is 35.8 Å². The van der Waals surface area contributed by atoms with Gasteiger partial charge in [-0.3, -0.25) is 0 Å². The first kappa shape index (κ1) is 11.4. The fourth-order valence-electron chi connectivity index (χ4n) is 1.20. The van der Waals surface area contributed by atoms with E-state index in [1.165, 1.54) is 0 Å². The summed E-state index contributed by atoms with van der Waals surface area (Å²) in [7, 11) is 0. The van der Waals surface area contributed by atoms with Gasteiger partial charge in [-0.25, -0.2) is 4.98 Å². The van der Waals surface area contributed by atoms with Gasteiger partial charge in [0.15, 0.2) is 0 Å². The summed E-state index contributed by atoms with van der Waals surface area (Å²) in [5.74, 6) is 0.963. The van der Waals surface area contributed by atoms with Gasteiger partial charge < -0.3 is 14.8 Å². The molecule has 1 saturated heterocycles. The Morgan fingerprint density at radius 3 is 3.06 bits per heavy atom. The standard InChI is InChI=1S/C10H14ClN3O2/c1-2-3-12-10-13-4-8(11)9(14-10)16-7-5-15-6-7/h4,7H,2-3,5-6H2,1H3,(H,12,13,14). The minimum atomic E-state index is 0.0615. The zero-order valence-electron chi connectivity index (χ0n) is 9.07. The molecule has 1 N–H and O–H groups in total. The largest absolute Gasteiger partial charge is 0.468 e. The summed E-state index contributed by atoms with van der Waals surface area (Å²) in [4.78, 5) is 8.26. The van der Waals surface area contributed by atoms with Crippen molar-refractivity contribution in [3.63, 3.8) is 0 Å². The van der Waals surface area contributed by atoms with Gasteiger partial charge in [-0.1, -0.05) is 18.5 Å². The average molecular weight is 244 g/mol. The normalized spacial score (nSPS) is 15.6. The monoisotopic (exact) mass is 243 g/mol. The Labute approximate surface area is 99.1 Å². The van der Waals surface area contributed by atoms with Crippen LogP contribution in [0.25, 0.3) is 0 Å². The van der Waals surface area contributed by atoms with E-state index in [-0.39, 0.29) is 6.10 Å². The number of ether oxygens (including phenoxy) is 2. The van der Waals surface area contributed by atoms with E-state index >= 15 is 0 Å². The number of hydrogen-bond acceptors (Lipinski definition) is 5. The van der Waals surface area contributed by atoms with Crippen molar-refractivity contribution in [3.8, 4) is 5.88 Å². The van der Waals surface area contributed by atoms with Gasteiger partial charge in [-0.15, -0.1) is 0 Å². The molecule has 0 saturated carbocycles. The number of nitrogens with one attached hydrogen (secondary N) is 1. The average Bonchev–Trinajstić information content (AvgIpc) is 2.23. The zero-order valence-corrected chi connectivity index (χ0v) is 9.83. The summed E-state index contributed by atoms with van der Waals surface area (Å²) < 4.78 is 10.6. The van der Waals surface area contributed by atoms with Crippen LogP contribution in [0.1, 0.15) is 13.3 Å². The topological polar surface area (TPSA) is 56.3 Å². The second-order valence-electron chi connectivity index (χ2n) is 3.55. The lowest BCUT2D eigenvalue weighted by atomic mass is 10.3. The Morgan fingerprint density at radius 1 is 1.62 bits per heavy atom. The molecule has 0 aliphatic carbocycles. The van der Waals surface area contributed by atoms with Gasteiger partial charge in [0.25, 0.3) is 0 Å². The Kier molecular flexibility index (Phi) is 3.79. The van der Waals surface area contributed by atoms with Crippen LogP contribution in [0.15, 0.2) is 6.20 Å². The highest BCUT2D eigenvalue weighted by atomic mass is 35.5. The van der Waals surface area contributed by atoms with Gasteiger partial charge in [0, 0.05) is 6.54 Å². The van der Waals surface area contributed by atoms with Gasteiger partial charge in [-0.2, -0.15) is 4.98 Å². The fraction of sp³-hybridized carbons (Fsp3) is 0.600. The highest BCUT2D eigenvalue weighted by Crippen LogP contribution is 2.24. The molecule has 0 radical (unpaired) electrons. The van der Waals surface area contributed by atoms with Gasteiger partial charge >= 0.3 is 0 Å². The molecule has 2 rings (SSSR count). The Balaban J connectivity index is 2.02. The van der Waals surface area contributed by atoms with Crippen LogP contribution in [0.2, 0.25) is 5.02 Å². The summed E-state index contributed by atoms with van der Waals surface area (Å²) >= 11 is 5.94. The number of aromatic nitrogens is 2. The van der Waals surface area contributed by atoms with E-state index < -0.39 is 0 Å². The van der Waals surface area contributed by atoms with Crippen molar-refractivity contribution in [2.45, 2.75) is 19.4 Å². The lowest BCUT2D eigenvalue weighted by Gasteiger charge is -2.26. The summed E-state index contributed by atoms with van der Waals surface area (Å²) in [5, 5.41) is 3.50. The van der Waals surface area contributed by atoms with E-state index in [1.54, 1.807) is 6.20 Å². The van der Waals surface area contributed by atoms with Crippen molar-refractivity contribution in [1.82, 2.24) is 9.97 Å². The quantitative estimate of drug-likeness (QED) is 0.854. The predicted octanol–water partition coefficient (Wildman–Crippen LogP) is 1.73. The Hall–Kier alpha value is -1.07. The molecule has 1 fully saturated rings. The van der Waals surface area contributed by atoms with Crippen molar-refractivity contribution in [1.29, 1.82) is 0 Å². The Bertz CT molecular complexity index is 358. The van der Waals surface area contributed by atoms with Gasteiger partial charge in [0.1, 0.15) is 11.1 Å². The SMILES string of the molecule is CCCNc1ncc(Cl)c(OC2COC2)n1. The molecule has 5 nitrogen and oxygen atoms in total. The summed E-state index contributed by atoms with van der Waals surface area (Å²) in [5.41, 5.74) is 0. The van der Waals surface area contributed by atoms with Gasteiger partial charge in [0.05, 0.1) is 19.4 Å². The molecule has 0 atom stereocenters. The molecule has 0 spiro atoms. The smallest absolute Gasteiger partial charge is 0.237 e. The molecular formula is C10H14ClN3O2. The molecule has 88 valence electrons. The molecule has 6 heteroatoms. The molecule has 0 amide bonds. The van der Waals surface area contributed by atoms with Crippen molar-refractivity contribution in [2.24, 2.45) is 0 Å². The molecule has 2 heterocycles. The third-order valence-electron chi connectivity index (χ3n) is 2.13. The van der Waals surface area contributed by atoms with Crippen LogP contribution in [-0.2, 0) is 4.74 Å². The highest BCUT2D eigenvalue weighted by Gasteiger charge is 2.22. The number of nitrogens with zero attached hydrogens (tertiary/aromatic N) is 2. The zero-order chi connectivity index (χ0) is 11.4. The molecule has 0 bridgehead atoms. The number of halogens is 1. The molecule has 1 aliphatic rings. The van der Waals surface area contributed by atoms with Crippen LogP contribution >= 0.6 is 11.6 Å². The maximum absolute atomic E-state index is 5.94. The van der Waals surface area contributed by atoms with Crippen LogP contribution in [0.4, 0.5) is 5.95 Å². The minimum absolute atomic E-state index is 0.0615. The predicted molar refractivity (Wildman–Crippen MR) is 61.1 cm³/mol.